The van der Waals surface area contributed by atoms with E-state index in [9.17, 15) is 18.0 Å². The molecule has 0 spiro atoms. The van der Waals surface area contributed by atoms with Gasteiger partial charge in [0.05, 0.1) is 4.90 Å². The lowest BCUT2D eigenvalue weighted by molar-refractivity contribution is -0.128. The number of likely N-dealkylation sites (tertiary alicyclic amines) is 1. The third-order valence-corrected chi connectivity index (χ3v) is 7.29. The summed E-state index contributed by atoms with van der Waals surface area (Å²) in [6.07, 6.45) is 3.10. The van der Waals surface area contributed by atoms with E-state index in [1.54, 1.807) is 23.1 Å². The lowest BCUT2D eigenvalue weighted by atomic mass is 10.0. The van der Waals surface area contributed by atoms with E-state index in [-0.39, 0.29) is 23.3 Å². The molecule has 0 unspecified atom stereocenters. The lowest BCUT2D eigenvalue weighted by Gasteiger charge is -2.28. The molecule has 2 amide bonds. The number of carbonyl (C=O) groups is 2. The van der Waals surface area contributed by atoms with Crippen molar-refractivity contribution in [3.05, 3.63) is 59.2 Å². The smallest absolute Gasteiger partial charge is 0.240 e. The average Bonchev–Trinajstić information content (AvgIpc) is 3.16. The number of nitrogens with zero attached hydrogens (tertiary/aromatic N) is 2. The number of hydrogen-bond donors (Lipinski definition) is 1. The highest BCUT2D eigenvalue weighted by atomic mass is 32.2. The molecule has 2 aliphatic heterocycles. The third kappa shape index (κ3) is 4.80. The molecule has 0 saturated carbocycles. The molecule has 31 heavy (non-hydrogen) atoms. The number of fused-ring (bicyclic) bond motifs is 1. The van der Waals surface area contributed by atoms with Crippen molar-refractivity contribution in [3.8, 4) is 0 Å². The van der Waals surface area contributed by atoms with Gasteiger partial charge in [0, 0.05) is 45.2 Å². The normalized spacial score (nSPS) is 16.5. The first-order chi connectivity index (χ1) is 14.8. The number of rotatable bonds is 6. The Bertz CT molecular complexity index is 1100. The van der Waals surface area contributed by atoms with Gasteiger partial charge in [-0.3, -0.25) is 9.59 Å². The van der Waals surface area contributed by atoms with Gasteiger partial charge in [-0.1, -0.05) is 24.3 Å². The molecule has 0 atom stereocenters. The van der Waals surface area contributed by atoms with Crippen LogP contribution in [-0.4, -0.2) is 38.2 Å². The molecule has 8 heteroatoms. The van der Waals surface area contributed by atoms with E-state index in [4.69, 9.17) is 0 Å². The van der Waals surface area contributed by atoms with E-state index < -0.39 is 10.0 Å². The number of amides is 2. The van der Waals surface area contributed by atoms with Crippen molar-refractivity contribution >= 4 is 27.5 Å². The maximum Gasteiger partial charge on any atom is 0.240 e. The second-order valence-electron chi connectivity index (χ2n) is 8.12. The fraction of sp³-hybridized carbons (Fsp3) is 0.391. The van der Waals surface area contributed by atoms with Crippen LogP contribution in [0.3, 0.4) is 0 Å². The molecular formula is C23H27N3O4S. The van der Waals surface area contributed by atoms with Crippen LogP contribution in [0.15, 0.2) is 47.4 Å². The molecular weight excluding hydrogens is 414 g/mol. The number of anilines is 1. The zero-order chi connectivity index (χ0) is 22.0. The van der Waals surface area contributed by atoms with Crippen molar-refractivity contribution in [1.82, 2.24) is 9.62 Å². The van der Waals surface area contributed by atoms with Crippen molar-refractivity contribution in [3.63, 3.8) is 0 Å². The first-order valence-electron chi connectivity index (χ1n) is 10.6. The Kier molecular flexibility index (Phi) is 6.11. The maximum atomic E-state index is 12.8. The topological polar surface area (TPSA) is 86.8 Å². The zero-order valence-electron chi connectivity index (χ0n) is 17.6. The number of carbonyl (C=O) groups excluding carboxylic acids is 2. The number of sulfonamides is 1. The lowest BCUT2D eigenvalue weighted by Crippen LogP contribution is -2.33. The summed E-state index contributed by atoms with van der Waals surface area (Å²) in [4.78, 5) is 27.3. The molecule has 1 fully saturated rings. The Balaban J connectivity index is 1.41. The van der Waals surface area contributed by atoms with Crippen LogP contribution in [-0.2, 0) is 39.1 Å². The van der Waals surface area contributed by atoms with Crippen LogP contribution in [0, 0.1) is 0 Å². The van der Waals surface area contributed by atoms with Gasteiger partial charge in [-0.2, -0.15) is 0 Å². The van der Waals surface area contributed by atoms with Gasteiger partial charge in [0.15, 0.2) is 0 Å². The van der Waals surface area contributed by atoms with Crippen molar-refractivity contribution in [1.29, 1.82) is 0 Å². The van der Waals surface area contributed by atoms with E-state index in [0.717, 1.165) is 48.2 Å². The third-order valence-electron chi connectivity index (χ3n) is 5.89. The van der Waals surface area contributed by atoms with E-state index in [0.29, 0.717) is 19.5 Å². The molecule has 0 radical (unpaired) electrons. The minimum atomic E-state index is -3.67. The molecule has 164 valence electrons. The number of nitrogens with one attached hydrogen (secondary N) is 1. The SMILES string of the molecule is CC(=O)N1CCCc2cc(S(=O)(=O)NCc3ccc(CN4CCCC4=O)cc3)ccc21. The van der Waals surface area contributed by atoms with Crippen molar-refractivity contribution in [2.45, 2.75) is 50.6 Å². The van der Waals surface area contributed by atoms with Crippen LogP contribution >= 0.6 is 0 Å². The Morgan fingerprint density at radius 3 is 2.39 bits per heavy atom. The summed E-state index contributed by atoms with van der Waals surface area (Å²) < 4.78 is 28.3. The monoisotopic (exact) mass is 441 g/mol. The number of hydrogen-bond acceptors (Lipinski definition) is 4. The number of aryl methyl sites for hydroxylation is 1. The van der Waals surface area contributed by atoms with Crippen LogP contribution < -0.4 is 9.62 Å². The highest BCUT2D eigenvalue weighted by Gasteiger charge is 2.23. The Hall–Kier alpha value is -2.71. The van der Waals surface area contributed by atoms with E-state index in [1.807, 2.05) is 29.2 Å². The second kappa shape index (κ2) is 8.80. The summed E-state index contributed by atoms with van der Waals surface area (Å²) in [5.41, 5.74) is 3.56. The Labute approximate surface area is 183 Å². The Morgan fingerprint density at radius 2 is 1.71 bits per heavy atom. The summed E-state index contributed by atoms with van der Waals surface area (Å²) in [7, 11) is -3.67. The van der Waals surface area contributed by atoms with Gasteiger partial charge in [0.1, 0.15) is 0 Å². The average molecular weight is 442 g/mol. The highest BCUT2D eigenvalue weighted by molar-refractivity contribution is 7.89. The van der Waals surface area contributed by atoms with Crippen LogP contribution in [0.4, 0.5) is 5.69 Å². The fourth-order valence-corrected chi connectivity index (χ4v) is 5.25. The van der Waals surface area contributed by atoms with Gasteiger partial charge in [-0.15, -0.1) is 0 Å². The molecule has 2 aromatic carbocycles. The zero-order valence-corrected chi connectivity index (χ0v) is 18.5. The van der Waals surface area contributed by atoms with Crippen LogP contribution in [0.25, 0.3) is 0 Å². The molecule has 1 N–H and O–H groups in total. The summed E-state index contributed by atoms with van der Waals surface area (Å²) in [5, 5.41) is 0. The summed E-state index contributed by atoms with van der Waals surface area (Å²) >= 11 is 0. The first-order valence-corrected chi connectivity index (χ1v) is 12.1. The van der Waals surface area contributed by atoms with E-state index in [1.165, 1.54) is 6.92 Å². The van der Waals surface area contributed by atoms with Gasteiger partial charge in [-0.25, -0.2) is 13.1 Å². The molecule has 0 aliphatic carbocycles. The minimum Gasteiger partial charge on any atom is -0.338 e. The van der Waals surface area contributed by atoms with Gasteiger partial charge in [0.2, 0.25) is 21.8 Å². The first kappa shape index (κ1) is 21.5. The molecule has 2 heterocycles. The standard InChI is InChI=1S/C23H27N3O4S/c1-17(27)26-13-2-4-20-14-21(10-11-22(20)26)31(29,30)24-15-18-6-8-19(9-7-18)16-25-12-3-5-23(25)28/h6-11,14,24H,2-5,12-13,15-16H2,1H3. The van der Waals surface area contributed by atoms with Crippen LogP contribution in [0.5, 0.6) is 0 Å². The second-order valence-corrected chi connectivity index (χ2v) is 9.89. The fourth-order valence-electron chi connectivity index (χ4n) is 4.18. The predicted octanol–water partition coefficient (Wildman–Crippen LogP) is 2.59. The molecule has 2 aliphatic rings. The minimum absolute atomic E-state index is 0.0350. The maximum absolute atomic E-state index is 12.8. The highest BCUT2D eigenvalue weighted by Crippen LogP contribution is 2.29. The molecule has 7 nitrogen and oxygen atoms in total. The van der Waals surface area contributed by atoms with Gasteiger partial charge < -0.3 is 9.80 Å². The number of benzene rings is 2. The van der Waals surface area contributed by atoms with Crippen molar-refractivity contribution in [2.24, 2.45) is 0 Å². The molecule has 1 saturated heterocycles. The quantitative estimate of drug-likeness (QED) is 0.747. The Morgan fingerprint density at radius 1 is 1.00 bits per heavy atom. The molecule has 0 aromatic heterocycles. The molecule has 0 bridgehead atoms. The molecule has 2 aromatic rings. The predicted molar refractivity (Wildman–Crippen MR) is 118 cm³/mol. The van der Waals surface area contributed by atoms with Crippen LogP contribution in [0.2, 0.25) is 0 Å². The van der Waals surface area contributed by atoms with Gasteiger partial charge in [-0.05, 0) is 54.2 Å². The largest absolute Gasteiger partial charge is 0.338 e. The van der Waals surface area contributed by atoms with E-state index in [2.05, 4.69) is 4.72 Å². The van der Waals surface area contributed by atoms with Crippen molar-refractivity contribution in [2.75, 3.05) is 18.0 Å². The van der Waals surface area contributed by atoms with E-state index >= 15 is 0 Å². The van der Waals surface area contributed by atoms with Crippen molar-refractivity contribution < 1.29 is 18.0 Å². The summed E-state index contributed by atoms with van der Waals surface area (Å²) in [6, 6.07) is 12.6. The summed E-state index contributed by atoms with van der Waals surface area (Å²) in [5.74, 6) is 0.153. The van der Waals surface area contributed by atoms with Gasteiger partial charge in [0.25, 0.3) is 0 Å². The van der Waals surface area contributed by atoms with Gasteiger partial charge >= 0.3 is 0 Å². The summed E-state index contributed by atoms with van der Waals surface area (Å²) in [6.45, 7) is 3.76. The van der Waals surface area contributed by atoms with Crippen LogP contribution in [0.1, 0.15) is 42.9 Å². The molecule has 4 rings (SSSR count).